The molecule has 1 aromatic rings. The molecule has 0 heterocycles. The van der Waals surface area contributed by atoms with E-state index >= 15 is 0 Å². The van der Waals surface area contributed by atoms with Gasteiger partial charge in [0.25, 0.3) is 0 Å². The van der Waals surface area contributed by atoms with Gasteiger partial charge in [0.05, 0.1) is 5.60 Å². The van der Waals surface area contributed by atoms with Crippen LogP contribution in [0.5, 0.6) is 0 Å². The zero-order valence-corrected chi connectivity index (χ0v) is 9.78. The Bertz CT molecular complexity index is 426. The van der Waals surface area contributed by atoms with Gasteiger partial charge in [-0.3, -0.25) is 4.79 Å². The zero-order chi connectivity index (χ0) is 11.9. The maximum atomic E-state index is 11.6. The van der Waals surface area contributed by atoms with E-state index in [2.05, 4.69) is 17.4 Å². The normalized spacial score (nSPS) is 21.0. The summed E-state index contributed by atoms with van der Waals surface area (Å²) in [5, 5.41) is 13.3. The van der Waals surface area contributed by atoms with Gasteiger partial charge >= 0.3 is 0 Å². The van der Waals surface area contributed by atoms with Gasteiger partial charge in [-0.25, -0.2) is 0 Å². The molecule has 1 aromatic carbocycles. The summed E-state index contributed by atoms with van der Waals surface area (Å²) >= 11 is 0. The van der Waals surface area contributed by atoms with Crippen LogP contribution >= 0.6 is 0 Å². The molecule has 3 nitrogen and oxygen atoms in total. The van der Waals surface area contributed by atoms with E-state index in [0.717, 1.165) is 12.8 Å². The first-order valence-corrected chi connectivity index (χ1v) is 6.23. The van der Waals surface area contributed by atoms with E-state index in [0.29, 0.717) is 19.4 Å². The molecule has 90 valence electrons. The average Bonchev–Trinajstić information content (AvgIpc) is 3.08. The monoisotopic (exact) mass is 231 g/mol. The Kier molecular flexibility index (Phi) is 2.44. The highest BCUT2D eigenvalue weighted by Crippen LogP contribution is 2.31. The number of fused-ring (bicyclic) bond motifs is 1. The first-order chi connectivity index (χ1) is 8.16. The third-order valence-corrected chi connectivity index (χ3v) is 3.70. The van der Waals surface area contributed by atoms with E-state index in [1.807, 2.05) is 12.1 Å². The van der Waals surface area contributed by atoms with Crippen LogP contribution in [0, 0.1) is 5.92 Å². The molecule has 2 N–H and O–H groups in total. The van der Waals surface area contributed by atoms with Crippen molar-refractivity contribution in [2.45, 2.75) is 31.3 Å². The Balaban J connectivity index is 1.62. The standard InChI is InChI=1S/C14H17NO2/c16-13(10-5-6-10)15-9-14(17)7-11-3-1-2-4-12(11)8-14/h1-4,10,17H,5-9H2,(H,15,16). The van der Waals surface area contributed by atoms with Crippen LogP contribution in [0.15, 0.2) is 24.3 Å². The second-order valence-electron chi connectivity index (χ2n) is 5.34. The Morgan fingerprint density at radius 1 is 1.29 bits per heavy atom. The maximum absolute atomic E-state index is 11.6. The van der Waals surface area contributed by atoms with Crippen molar-refractivity contribution < 1.29 is 9.90 Å². The quantitative estimate of drug-likeness (QED) is 0.816. The summed E-state index contributed by atoms with van der Waals surface area (Å²) in [7, 11) is 0. The van der Waals surface area contributed by atoms with Crippen LogP contribution in [-0.2, 0) is 17.6 Å². The molecule has 0 atom stereocenters. The zero-order valence-electron chi connectivity index (χ0n) is 9.78. The van der Waals surface area contributed by atoms with Crippen LogP contribution in [-0.4, -0.2) is 23.2 Å². The highest BCUT2D eigenvalue weighted by molar-refractivity contribution is 5.80. The minimum absolute atomic E-state index is 0.106. The van der Waals surface area contributed by atoms with Gasteiger partial charge in [0.15, 0.2) is 0 Å². The fraction of sp³-hybridized carbons (Fsp3) is 0.500. The molecular formula is C14H17NO2. The molecule has 0 spiro atoms. The van der Waals surface area contributed by atoms with Crippen molar-refractivity contribution in [3.8, 4) is 0 Å². The van der Waals surface area contributed by atoms with Crippen molar-refractivity contribution in [1.82, 2.24) is 5.32 Å². The Labute approximate surface area is 101 Å². The number of nitrogens with one attached hydrogen (secondary N) is 1. The van der Waals surface area contributed by atoms with Crippen molar-refractivity contribution in [3.63, 3.8) is 0 Å². The van der Waals surface area contributed by atoms with Crippen LogP contribution in [0.4, 0.5) is 0 Å². The lowest BCUT2D eigenvalue weighted by Crippen LogP contribution is -2.44. The SMILES string of the molecule is O=C(NCC1(O)Cc2ccccc2C1)C1CC1. The number of hydrogen-bond donors (Lipinski definition) is 2. The van der Waals surface area contributed by atoms with Gasteiger partial charge in [0.1, 0.15) is 0 Å². The van der Waals surface area contributed by atoms with Gasteiger partial charge in [0.2, 0.25) is 5.91 Å². The van der Waals surface area contributed by atoms with E-state index in [4.69, 9.17) is 0 Å². The lowest BCUT2D eigenvalue weighted by Gasteiger charge is -2.22. The number of benzene rings is 1. The lowest BCUT2D eigenvalue weighted by molar-refractivity contribution is -0.123. The number of hydrogen-bond acceptors (Lipinski definition) is 2. The van der Waals surface area contributed by atoms with E-state index < -0.39 is 5.60 Å². The molecule has 2 aliphatic rings. The minimum Gasteiger partial charge on any atom is -0.387 e. The minimum atomic E-state index is -0.783. The first kappa shape index (κ1) is 10.8. The van der Waals surface area contributed by atoms with Crippen LogP contribution in [0.2, 0.25) is 0 Å². The second-order valence-corrected chi connectivity index (χ2v) is 5.34. The largest absolute Gasteiger partial charge is 0.387 e. The summed E-state index contributed by atoms with van der Waals surface area (Å²) < 4.78 is 0. The summed E-state index contributed by atoms with van der Waals surface area (Å²) in [6.07, 6.45) is 3.30. The van der Waals surface area contributed by atoms with Gasteiger partial charge in [-0.2, -0.15) is 0 Å². The summed E-state index contributed by atoms with van der Waals surface area (Å²) in [4.78, 5) is 11.6. The number of amides is 1. The fourth-order valence-corrected chi connectivity index (χ4v) is 2.54. The van der Waals surface area contributed by atoms with Gasteiger partial charge in [0, 0.05) is 25.3 Å². The van der Waals surface area contributed by atoms with Crippen LogP contribution in [0.1, 0.15) is 24.0 Å². The van der Waals surface area contributed by atoms with Crippen LogP contribution in [0.25, 0.3) is 0 Å². The molecule has 1 saturated carbocycles. The molecule has 3 heteroatoms. The molecule has 17 heavy (non-hydrogen) atoms. The molecule has 0 radical (unpaired) electrons. The average molecular weight is 231 g/mol. The third-order valence-electron chi connectivity index (χ3n) is 3.70. The third kappa shape index (κ3) is 2.20. The van der Waals surface area contributed by atoms with Crippen molar-refractivity contribution >= 4 is 5.91 Å². The molecule has 1 fully saturated rings. The number of carbonyl (C=O) groups is 1. The Morgan fingerprint density at radius 2 is 1.88 bits per heavy atom. The molecule has 0 aliphatic heterocycles. The van der Waals surface area contributed by atoms with E-state index in [9.17, 15) is 9.90 Å². The van der Waals surface area contributed by atoms with E-state index in [-0.39, 0.29) is 11.8 Å². The smallest absolute Gasteiger partial charge is 0.223 e. The molecular weight excluding hydrogens is 214 g/mol. The molecule has 3 rings (SSSR count). The predicted octanol–water partition coefficient (Wildman–Crippen LogP) is 1.04. The van der Waals surface area contributed by atoms with Crippen LogP contribution in [0.3, 0.4) is 0 Å². The van der Waals surface area contributed by atoms with E-state index in [1.165, 1.54) is 11.1 Å². The summed E-state index contributed by atoms with van der Waals surface area (Å²) in [5.74, 6) is 0.316. The molecule has 0 aromatic heterocycles. The Morgan fingerprint density at radius 3 is 2.41 bits per heavy atom. The summed E-state index contributed by atoms with van der Waals surface area (Å²) in [6, 6.07) is 8.09. The lowest BCUT2D eigenvalue weighted by atomic mass is 10.0. The fourth-order valence-electron chi connectivity index (χ4n) is 2.54. The number of aliphatic hydroxyl groups is 1. The van der Waals surface area contributed by atoms with E-state index in [1.54, 1.807) is 0 Å². The highest BCUT2D eigenvalue weighted by atomic mass is 16.3. The van der Waals surface area contributed by atoms with Crippen LogP contribution < -0.4 is 5.32 Å². The summed E-state index contributed by atoms with van der Waals surface area (Å²) in [5.41, 5.74) is 1.63. The maximum Gasteiger partial charge on any atom is 0.223 e. The van der Waals surface area contributed by atoms with Gasteiger partial charge < -0.3 is 10.4 Å². The van der Waals surface area contributed by atoms with Crippen molar-refractivity contribution in [3.05, 3.63) is 35.4 Å². The second kappa shape index (κ2) is 3.84. The van der Waals surface area contributed by atoms with Gasteiger partial charge in [-0.1, -0.05) is 24.3 Å². The van der Waals surface area contributed by atoms with Crippen molar-refractivity contribution in [2.24, 2.45) is 5.92 Å². The number of carbonyl (C=O) groups excluding carboxylic acids is 1. The molecule has 2 aliphatic carbocycles. The molecule has 1 amide bonds. The molecule has 0 unspecified atom stereocenters. The Hall–Kier alpha value is -1.35. The summed E-state index contributed by atoms with van der Waals surface area (Å²) in [6.45, 7) is 0.372. The topological polar surface area (TPSA) is 49.3 Å². The first-order valence-electron chi connectivity index (χ1n) is 6.23. The predicted molar refractivity (Wildman–Crippen MR) is 64.5 cm³/mol. The molecule has 0 bridgehead atoms. The van der Waals surface area contributed by atoms with Gasteiger partial charge in [-0.05, 0) is 24.0 Å². The van der Waals surface area contributed by atoms with Crippen molar-refractivity contribution in [2.75, 3.05) is 6.54 Å². The van der Waals surface area contributed by atoms with Crippen molar-refractivity contribution in [1.29, 1.82) is 0 Å². The molecule has 0 saturated heterocycles. The van der Waals surface area contributed by atoms with Gasteiger partial charge in [-0.15, -0.1) is 0 Å². The highest BCUT2D eigenvalue weighted by Gasteiger charge is 2.37. The number of rotatable bonds is 3.